The van der Waals surface area contributed by atoms with Gasteiger partial charge >= 0.3 is 5.97 Å². The Labute approximate surface area is 230 Å². The number of alkyl halides is 1. The van der Waals surface area contributed by atoms with Crippen molar-refractivity contribution < 1.29 is 29.3 Å². The summed E-state index contributed by atoms with van der Waals surface area (Å²) in [6.07, 6.45) is 1.90. The Morgan fingerprint density at radius 3 is 2.63 bits per heavy atom. The van der Waals surface area contributed by atoms with E-state index in [9.17, 15) is 24.6 Å². The van der Waals surface area contributed by atoms with Crippen LogP contribution in [-0.2, 0) is 19.1 Å². The fourth-order valence-electron chi connectivity index (χ4n) is 6.74. The van der Waals surface area contributed by atoms with E-state index < -0.39 is 47.5 Å². The number of benzene rings is 2. The second kappa shape index (κ2) is 10.1. The van der Waals surface area contributed by atoms with Crippen LogP contribution in [0, 0.1) is 17.8 Å². The Kier molecular flexibility index (Phi) is 7.13. The lowest BCUT2D eigenvalue weighted by Crippen LogP contribution is -2.60. The standard InChI is InChI=1S/C29H33BrN2O6/c1-4-12-31(19-11-10-17-8-6-7-9-18(17)13-19)27(35)25-29-14-20(30)24(38-29)22(28(36)37)23(29)26(34)32(25)21(15-33)16(3)5-2/h4,6-11,13,16,20-25,33H,1,5,12,14-15H2,2-3H3,(H,36,37)/t16-,20?,21-,22+,23-,24+,25+,29-/m0/s1. The van der Waals surface area contributed by atoms with Crippen molar-refractivity contribution >= 4 is 50.2 Å². The summed E-state index contributed by atoms with van der Waals surface area (Å²) in [4.78, 5) is 43.8. The number of carbonyl (C=O) groups is 3. The fourth-order valence-corrected chi connectivity index (χ4v) is 7.69. The average Bonchev–Trinajstić information content (AvgIpc) is 3.50. The number of carboxylic acid groups (broad SMARTS) is 1. The van der Waals surface area contributed by atoms with Gasteiger partial charge in [-0.25, -0.2) is 0 Å². The van der Waals surface area contributed by atoms with Crippen molar-refractivity contribution in [1.29, 1.82) is 0 Å². The monoisotopic (exact) mass is 584 g/mol. The number of aliphatic hydroxyl groups excluding tert-OH is 1. The number of ether oxygens (including phenoxy) is 1. The number of rotatable bonds is 9. The maximum Gasteiger partial charge on any atom is 0.310 e. The van der Waals surface area contributed by atoms with E-state index in [1.165, 1.54) is 4.90 Å². The molecule has 8 atom stereocenters. The van der Waals surface area contributed by atoms with Gasteiger partial charge in [-0.3, -0.25) is 14.4 Å². The van der Waals surface area contributed by atoms with E-state index in [4.69, 9.17) is 4.74 Å². The quantitative estimate of drug-likeness (QED) is 0.344. The summed E-state index contributed by atoms with van der Waals surface area (Å²) in [7, 11) is 0. The van der Waals surface area contributed by atoms with Crippen LogP contribution in [-0.4, -0.2) is 74.7 Å². The molecule has 0 aliphatic carbocycles. The molecule has 9 heteroatoms. The maximum absolute atomic E-state index is 14.6. The molecule has 2 N–H and O–H groups in total. The number of amides is 2. The molecule has 2 amide bonds. The Morgan fingerprint density at radius 1 is 1.29 bits per heavy atom. The molecule has 8 nitrogen and oxygen atoms in total. The van der Waals surface area contributed by atoms with Gasteiger partial charge in [-0.05, 0) is 35.2 Å². The van der Waals surface area contributed by atoms with Gasteiger partial charge in [0.05, 0.1) is 30.6 Å². The van der Waals surface area contributed by atoms with Gasteiger partial charge in [0.2, 0.25) is 5.91 Å². The minimum absolute atomic E-state index is 0.122. The highest BCUT2D eigenvalue weighted by Gasteiger charge is 2.77. The molecular formula is C29H33BrN2O6. The van der Waals surface area contributed by atoms with Gasteiger partial charge in [-0.15, -0.1) is 6.58 Å². The van der Waals surface area contributed by atoms with Gasteiger partial charge < -0.3 is 24.7 Å². The number of hydrogen-bond acceptors (Lipinski definition) is 5. The summed E-state index contributed by atoms with van der Waals surface area (Å²) >= 11 is 3.58. The van der Waals surface area contributed by atoms with Crippen LogP contribution in [0.2, 0.25) is 0 Å². The van der Waals surface area contributed by atoms with Crippen molar-refractivity contribution in [1.82, 2.24) is 4.90 Å². The molecule has 3 saturated heterocycles. The number of halogens is 1. The molecule has 3 aliphatic rings. The summed E-state index contributed by atoms with van der Waals surface area (Å²) in [6, 6.07) is 11.8. The number of fused-ring (bicyclic) bond motifs is 2. The van der Waals surface area contributed by atoms with Crippen molar-refractivity contribution in [2.45, 2.75) is 55.3 Å². The first kappa shape index (κ1) is 26.8. The first-order valence-corrected chi connectivity index (χ1v) is 14.0. The molecule has 5 rings (SSSR count). The van der Waals surface area contributed by atoms with E-state index in [1.807, 2.05) is 56.3 Å². The lowest BCUT2D eigenvalue weighted by molar-refractivity contribution is -0.151. The molecule has 3 aliphatic heterocycles. The molecular weight excluding hydrogens is 552 g/mol. The molecule has 202 valence electrons. The van der Waals surface area contributed by atoms with Gasteiger partial charge in [0.1, 0.15) is 11.6 Å². The van der Waals surface area contributed by atoms with Crippen LogP contribution < -0.4 is 4.90 Å². The van der Waals surface area contributed by atoms with Crippen LogP contribution >= 0.6 is 15.9 Å². The van der Waals surface area contributed by atoms with E-state index in [0.717, 1.165) is 10.8 Å². The lowest BCUT2D eigenvalue weighted by Gasteiger charge is -2.41. The normalized spacial score (nSPS) is 31.3. The average molecular weight is 585 g/mol. The number of carboxylic acids is 1. The molecule has 3 heterocycles. The summed E-state index contributed by atoms with van der Waals surface area (Å²) < 4.78 is 6.40. The smallest absolute Gasteiger partial charge is 0.310 e. The van der Waals surface area contributed by atoms with Gasteiger partial charge in [-0.1, -0.05) is 72.6 Å². The van der Waals surface area contributed by atoms with Crippen molar-refractivity contribution in [3.05, 3.63) is 55.1 Å². The van der Waals surface area contributed by atoms with E-state index >= 15 is 0 Å². The fraction of sp³-hybridized carbons (Fsp3) is 0.483. The van der Waals surface area contributed by atoms with Crippen LogP contribution in [0.25, 0.3) is 10.8 Å². The maximum atomic E-state index is 14.6. The molecule has 2 aromatic rings. The third-order valence-electron chi connectivity index (χ3n) is 8.71. The third kappa shape index (κ3) is 3.89. The number of aliphatic carboxylic acids is 1. The predicted octanol–water partition coefficient (Wildman–Crippen LogP) is 3.60. The van der Waals surface area contributed by atoms with Crippen LogP contribution in [0.5, 0.6) is 0 Å². The SMILES string of the molecule is C=CCN(C(=O)[C@H]1N([C@@H](CO)[C@@H](C)CC)C(=O)[C@@H]2[C@@H](C(=O)O)[C@@H]3O[C@@]21CC3Br)c1ccc2ccccc2c1. The second-order valence-corrected chi connectivity index (χ2v) is 11.8. The highest BCUT2D eigenvalue weighted by molar-refractivity contribution is 9.09. The Hall–Kier alpha value is -2.75. The molecule has 0 radical (unpaired) electrons. The highest BCUT2D eigenvalue weighted by Crippen LogP contribution is 2.60. The van der Waals surface area contributed by atoms with Crippen molar-refractivity contribution in [3.8, 4) is 0 Å². The number of aliphatic hydroxyl groups is 1. The molecule has 0 aromatic heterocycles. The molecule has 1 spiro atoms. The topological polar surface area (TPSA) is 107 Å². The first-order valence-electron chi connectivity index (χ1n) is 13.1. The zero-order valence-corrected chi connectivity index (χ0v) is 23.1. The number of hydrogen-bond donors (Lipinski definition) is 2. The number of nitrogens with zero attached hydrogens (tertiary/aromatic N) is 2. The van der Waals surface area contributed by atoms with Crippen LogP contribution in [0.4, 0.5) is 5.69 Å². The van der Waals surface area contributed by atoms with Crippen LogP contribution in [0.3, 0.4) is 0 Å². The van der Waals surface area contributed by atoms with Crippen LogP contribution in [0.15, 0.2) is 55.1 Å². The molecule has 2 aromatic carbocycles. The Morgan fingerprint density at radius 2 is 2.00 bits per heavy atom. The minimum Gasteiger partial charge on any atom is -0.481 e. The zero-order chi connectivity index (χ0) is 27.4. The Balaban J connectivity index is 1.65. The summed E-state index contributed by atoms with van der Waals surface area (Å²) in [5.74, 6) is -4.13. The minimum atomic E-state index is -1.31. The number of carbonyl (C=O) groups excluding carboxylic acids is 2. The zero-order valence-electron chi connectivity index (χ0n) is 21.5. The van der Waals surface area contributed by atoms with E-state index in [2.05, 4.69) is 22.5 Å². The van der Waals surface area contributed by atoms with Crippen molar-refractivity contribution in [3.63, 3.8) is 0 Å². The van der Waals surface area contributed by atoms with E-state index in [1.54, 1.807) is 11.0 Å². The molecule has 38 heavy (non-hydrogen) atoms. The number of anilines is 1. The predicted molar refractivity (Wildman–Crippen MR) is 147 cm³/mol. The number of likely N-dealkylation sites (tertiary alicyclic amines) is 1. The van der Waals surface area contributed by atoms with Gasteiger partial charge in [0, 0.05) is 17.1 Å². The van der Waals surface area contributed by atoms with Crippen molar-refractivity contribution in [2.24, 2.45) is 17.8 Å². The molecule has 0 saturated carbocycles. The first-order chi connectivity index (χ1) is 18.2. The third-order valence-corrected chi connectivity index (χ3v) is 9.56. The van der Waals surface area contributed by atoms with E-state index in [0.29, 0.717) is 18.5 Å². The van der Waals surface area contributed by atoms with Crippen molar-refractivity contribution in [2.75, 3.05) is 18.1 Å². The van der Waals surface area contributed by atoms with Gasteiger partial charge in [0.15, 0.2) is 0 Å². The summed E-state index contributed by atoms with van der Waals surface area (Å²) in [6.45, 7) is 7.58. The van der Waals surface area contributed by atoms with Gasteiger partial charge in [0.25, 0.3) is 5.91 Å². The molecule has 2 bridgehead atoms. The molecule has 3 fully saturated rings. The highest BCUT2D eigenvalue weighted by atomic mass is 79.9. The van der Waals surface area contributed by atoms with E-state index in [-0.39, 0.29) is 29.8 Å². The molecule has 1 unspecified atom stereocenters. The summed E-state index contributed by atoms with van der Waals surface area (Å²) in [5.41, 5.74) is -0.671. The summed E-state index contributed by atoms with van der Waals surface area (Å²) in [5, 5.41) is 22.5. The van der Waals surface area contributed by atoms with Crippen LogP contribution in [0.1, 0.15) is 26.7 Å². The van der Waals surface area contributed by atoms with Gasteiger partial charge in [-0.2, -0.15) is 0 Å². The lowest BCUT2D eigenvalue weighted by atomic mass is 9.70. The Bertz CT molecular complexity index is 1280. The largest absolute Gasteiger partial charge is 0.481 e. The second-order valence-electron chi connectivity index (χ2n) is 10.7.